The number of aliphatic hydroxyl groups excluding tert-OH is 1. The molecule has 0 unspecified atom stereocenters. The van der Waals surface area contributed by atoms with E-state index >= 15 is 0 Å². The highest BCUT2D eigenvalue weighted by Crippen LogP contribution is 2.31. The zero-order chi connectivity index (χ0) is 11.9. The van der Waals surface area contributed by atoms with Gasteiger partial charge in [-0.2, -0.15) is 0 Å². The summed E-state index contributed by atoms with van der Waals surface area (Å²) < 4.78 is 0. The first-order valence-electron chi connectivity index (χ1n) is 5.66. The number of hydrogen-bond donors (Lipinski definition) is 1. The van der Waals surface area contributed by atoms with Gasteiger partial charge in [-0.25, -0.2) is 0 Å². The molecular formula is C15H18O. The van der Waals surface area contributed by atoms with Crippen LogP contribution in [0.15, 0.2) is 18.2 Å². The molecule has 1 N–H and O–H groups in total. The lowest BCUT2D eigenvalue weighted by Gasteiger charge is -2.16. The fraction of sp³-hybridized carbons (Fsp3) is 0.333. The first-order chi connectivity index (χ1) is 7.57. The molecule has 0 heterocycles. The molecule has 0 spiro atoms. The second-order valence-corrected chi connectivity index (χ2v) is 4.51. The maximum atomic E-state index is 9.52. The van der Waals surface area contributed by atoms with Gasteiger partial charge in [0.05, 0.1) is 6.61 Å². The zero-order valence-electron chi connectivity index (χ0n) is 10.4. The van der Waals surface area contributed by atoms with Crippen LogP contribution in [0.5, 0.6) is 0 Å². The van der Waals surface area contributed by atoms with Crippen molar-refractivity contribution in [2.45, 2.75) is 34.3 Å². The Morgan fingerprint density at radius 2 is 1.62 bits per heavy atom. The van der Waals surface area contributed by atoms with Gasteiger partial charge in [-0.1, -0.05) is 18.2 Å². The molecule has 0 radical (unpaired) electrons. The Hall–Kier alpha value is -1.34. The first kappa shape index (κ1) is 11.2. The van der Waals surface area contributed by atoms with Gasteiger partial charge in [0.25, 0.3) is 0 Å². The van der Waals surface area contributed by atoms with E-state index in [1.165, 1.54) is 33.0 Å². The Labute approximate surface area is 96.7 Å². The van der Waals surface area contributed by atoms with Crippen molar-refractivity contribution < 1.29 is 5.11 Å². The van der Waals surface area contributed by atoms with E-state index in [9.17, 15) is 5.11 Å². The summed E-state index contributed by atoms with van der Waals surface area (Å²) in [5.74, 6) is 0. The minimum Gasteiger partial charge on any atom is -0.392 e. The number of rotatable bonds is 1. The van der Waals surface area contributed by atoms with Crippen molar-refractivity contribution in [1.29, 1.82) is 0 Å². The lowest BCUT2D eigenvalue weighted by atomic mass is 9.89. The van der Waals surface area contributed by atoms with Gasteiger partial charge in [0, 0.05) is 0 Å². The van der Waals surface area contributed by atoms with Crippen LogP contribution in [0.1, 0.15) is 27.8 Å². The number of hydrogen-bond acceptors (Lipinski definition) is 1. The minimum absolute atomic E-state index is 0.118. The van der Waals surface area contributed by atoms with E-state index in [1.54, 1.807) is 0 Å². The van der Waals surface area contributed by atoms with Gasteiger partial charge in [0.15, 0.2) is 0 Å². The van der Waals surface area contributed by atoms with Gasteiger partial charge in [0.1, 0.15) is 0 Å². The lowest BCUT2D eigenvalue weighted by molar-refractivity contribution is 0.282. The molecule has 1 nitrogen and oxygen atoms in total. The summed E-state index contributed by atoms with van der Waals surface area (Å²) in [7, 11) is 0. The molecule has 1 heteroatoms. The summed E-state index contributed by atoms with van der Waals surface area (Å²) in [4.78, 5) is 0. The third kappa shape index (κ3) is 1.43. The van der Waals surface area contributed by atoms with E-state index in [4.69, 9.17) is 0 Å². The maximum absolute atomic E-state index is 9.52. The van der Waals surface area contributed by atoms with E-state index in [1.807, 2.05) is 0 Å². The van der Waals surface area contributed by atoms with Crippen molar-refractivity contribution in [3.8, 4) is 0 Å². The molecule has 0 aliphatic rings. The van der Waals surface area contributed by atoms with Crippen molar-refractivity contribution in [3.05, 3.63) is 46.0 Å². The van der Waals surface area contributed by atoms with Gasteiger partial charge < -0.3 is 5.11 Å². The van der Waals surface area contributed by atoms with Crippen LogP contribution in [0.3, 0.4) is 0 Å². The molecule has 0 fully saturated rings. The van der Waals surface area contributed by atoms with E-state index in [0.29, 0.717) is 0 Å². The number of fused-ring (bicyclic) bond motifs is 1. The number of aliphatic hydroxyl groups is 1. The highest BCUT2D eigenvalue weighted by atomic mass is 16.3. The van der Waals surface area contributed by atoms with E-state index in [2.05, 4.69) is 45.9 Å². The Morgan fingerprint density at radius 3 is 2.25 bits per heavy atom. The molecule has 0 aliphatic carbocycles. The molecule has 2 aromatic carbocycles. The van der Waals surface area contributed by atoms with E-state index < -0.39 is 0 Å². The van der Waals surface area contributed by atoms with Gasteiger partial charge in [-0.05, 0) is 66.3 Å². The van der Waals surface area contributed by atoms with Crippen molar-refractivity contribution in [1.82, 2.24) is 0 Å². The number of benzene rings is 2. The molecule has 0 amide bonds. The van der Waals surface area contributed by atoms with Gasteiger partial charge >= 0.3 is 0 Å². The summed E-state index contributed by atoms with van der Waals surface area (Å²) >= 11 is 0. The van der Waals surface area contributed by atoms with Crippen LogP contribution in [0, 0.1) is 27.7 Å². The SMILES string of the molecule is Cc1c(C)c(C)c2c(C)cccc2c1CO. The van der Waals surface area contributed by atoms with Crippen LogP contribution < -0.4 is 0 Å². The first-order valence-corrected chi connectivity index (χ1v) is 5.66. The second kappa shape index (κ2) is 3.91. The fourth-order valence-corrected chi connectivity index (χ4v) is 2.52. The number of aryl methyl sites for hydroxylation is 2. The van der Waals surface area contributed by atoms with Crippen LogP contribution in [0.25, 0.3) is 10.8 Å². The maximum Gasteiger partial charge on any atom is 0.0690 e. The molecule has 0 bridgehead atoms. The van der Waals surface area contributed by atoms with Gasteiger partial charge in [0.2, 0.25) is 0 Å². The van der Waals surface area contributed by atoms with E-state index in [0.717, 1.165) is 5.56 Å². The molecule has 16 heavy (non-hydrogen) atoms. The molecule has 0 atom stereocenters. The molecule has 84 valence electrons. The highest BCUT2D eigenvalue weighted by molar-refractivity contribution is 5.93. The Balaban J connectivity index is 3.04. The second-order valence-electron chi connectivity index (χ2n) is 4.51. The Morgan fingerprint density at radius 1 is 0.938 bits per heavy atom. The summed E-state index contributed by atoms with van der Waals surface area (Å²) in [5, 5.41) is 12.0. The molecule has 2 aromatic rings. The van der Waals surface area contributed by atoms with Crippen molar-refractivity contribution in [3.63, 3.8) is 0 Å². The average molecular weight is 214 g/mol. The third-order valence-electron chi connectivity index (χ3n) is 3.71. The predicted molar refractivity (Wildman–Crippen MR) is 68.8 cm³/mol. The standard InChI is InChI=1S/C15H18O/c1-9-6-5-7-13-14(8-16)11(3)10(2)12(4)15(9)13/h5-7,16H,8H2,1-4H3. The van der Waals surface area contributed by atoms with Crippen LogP contribution in [-0.2, 0) is 6.61 Å². The van der Waals surface area contributed by atoms with E-state index in [-0.39, 0.29) is 6.61 Å². The molecule has 0 aliphatic heterocycles. The topological polar surface area (TPSA) is 20.2 Å². The summed E-state index contributed by atoms with van der Waals surface area (Å²) in [5.41, 5.74) is 6.21. The van der Waals surface area contributed by atoms with Crippen molar-refractivity contribution in [2.75, 3.05) is 0 Å². The largest absolute Gasteiger partial charge is 0.392 e. The lowest BCUT2D eigenvalue weighted by Crippen LogP contribution is -1.99. The Bertz CT molecular complexity index is 553. The third-order valence-corrected chi connectivity index (χ3v) is 3.71. The molecular weight excluding hydrogens is 196 g/mol. The monoisotopic (exact) mass is 214 g/mol. The van der Waals surface area contributed by atoms with Crippen LogP contribution in [0.4, 0.5) is 0 Å². The molecule has 0 saturated carbocycles. The molecule has 0 aromatic heterocycles. The summed E-state index contributed by atoms with van der Waals surface area (Å²) in [6.45, 7) is 8.64. The van der Waals surface area contributed by atoms with Crippen molar-refractivity contribution >= 4 is 10.8 Å². The summed E-state index contributed by atoms with van der Waals surface area (Å²) in [6, 6.07) is 6.30. The van der Waals surface area contributed by atoms with Crippen LogP contribution in [-0.4, -0.2) is 5.11 Å². The smallest absolute Gasteiger partial charge is 0.0690 e. The molecule has 2 rings (SSSR count). The molecule has 0 saturated heterocycles. The Kier molecular flexibility index (Phi) is 2.73. The minimum atomic E-state index is 0.118. The van der Waals surface area contributed by atoms with Crippen LogP contribution >= 0.6 is 0 Å². The normalized spacial score (nSPS) is 11.1. The zero-order valence-corrected chi connectivity index (χ0v) is 10.4. The van der Waals surface area contributed by atoms with Crippen molar-refractivity contribution in [2.24, 2.45) is 0 Å². The average Bonchev–Trinajstić information content (AvgIpc) is 2.27. The quantitative estimate of drug-likeness (QED) is 0.769. The fourth-order valence-electron chi connectivity index (χ4n) is 2.52. The highest BCUT2D eigenvalue weighted by Gasteiger charge is 2.11. The van der Waals surface area contributed by atoms with Gasteiger partial charge in [-0.15, -0.1) is 0 Å². The summed E-state index contributed by atoms with van der Waals surface area (Å²) in [6.07, 6.45) is 0. The van der Waals surface area contributed by atoms with Gasteiger partial charge in [-0.3, -0.25) is 0 Å². The van der Waals surface area contributed by atoms with Crippen LogP contribution in [0.2, 0.25) is 0 Å². The predicted octanol–water partition coefficient (Wildman–Crippen LogP) is 3.57.